The highest BCUT2D eigenvalue weighted by Gasteiger charge is 2.26. The first kappa shape index (κ1) is 23.4. The summed E-state index contributed by atoms with van der Waals surface area (Å²) in [6.07, 6.45) is 6.32. The first-order valence-corrected chi connectivity index (χ1v) is 11.8. The Labute approximate surface area is 207 Å². The Morgan fingerprint density at radius 1 is 1.14 bits per heavy atom. The van der Waals surface area contributed by atoms with Gasteiger partial charge in [0, 0.05) is 44.1 Å². The van der Waals surface area contributed by atoms with Crippen molar-refractivity contribution in [3.8, 4) is 11.5 Å². The van der Waals surface area contributed by atoms with Gasteiger partial charge >= 0.3 is 0 Å². The third-order valence-corrected chi connectivity index (χ3v) is 6.22. The molecule has 3 aromatic heterocycles. The quantitative estimate of drug-likeness (QED) is 0.449. The van der Waals surface area contributed by atoms with Crippen LogP contribution in [0.2, 0.25) is 0 Å². The van der Waals surface area contributed by atoms with E-state index >= 15 is 0 Å². The molecule has 4 heterocycles. The van der Waals surface area contributed by atoms with Crippen molar-refractivity contribution in [1.82, 2.24) is 29.2 Å². The smallest absolute Gasteiger partial charge is 0.254 e. The van der Waals surface area contributed by atoms with Gasteiger partial charge in [0.2, 0.25) is 5.91 Å². The minimum atomic E-state index is -0.376. The number of carbonyl (C=O) groups is 2. The Bertz CT molecular complexity index is 1390. The largest absolute Gasteiger partial charge is 0.365 e. The Balaban J connectivity index is 1.23. The SMILES string of the molecule is CN(CC(=O)N1CCC[C@@H](Nc2ccnc(-c3cnc4ccc(F)cn34)n2)C1)C(=O)c1ccccc1. The molecule has 0 saturated carbocycles. The number of carbonyl (C=O) groups excluding carboxylic acids is 2. The van der Waals surface area contributed by atoms with Crippen molar-refractivity contribution in [1.29, 1.82) is 0 Å². The molecule has 9 nitrogen and oxygen atoms in total. The van der Waals surface area contributed by atoms with Gasteiger partial charge in [0.1, 0.15) is 23.0 Å². The number of fused-ring (bicyclic) bond motifs is 1. The number of pyridine rings is 1. The number of amides is 2. The van der Waals surface area contributed by atoms with Gasteiger partial charge in [-0.2, -0.15) is 0 Å². The summed E-state index contributed by atoms with van der Waals surface area (Å²) >= 11 is 0. The molecule has 1 fully saturated rings. The number of likely N-dealkylation sites (tertiary alicyclic amines) is 1. The molecule has 2 amide bonds. The maximum Gasteiger partial charge on any atom is 0.254 e. The third-order valence-electron chi connectivity index (χ3n) is 6.22. The van der Waals surface area contributed by atoms with E-state index in [1.54, 1.807) is 65.1 Å². The predicted molar refractivity (Wildman–Crippen MR) is 133 cm³/mol. The molecule has 5 rings (SSSR count). The van der Waals surface area contributed by atoms with Gasteiger partial charge in [-0.05, 0) is 43.2 Å². The van der Waals surface area contributed by atoms with Crippen molar-refractivity contribution in [3.63, 3.8) is 0 Å². The van der Waals surface area contributed by atoms with E-state index in [1.807, 2.05) is 6.07 Å². The lowest BCUT2D eigenvalue weighted by atomic mass is 10.1. The van der Waals surface area contributed by atoms with Crippen LogP contribution in [0.3, 0.4) is 0 Å². The first-order valence-electron chi connectivity index (χ1n) is 11.8. The molecule has 0 spiro atoms. The summed E-state index contributed by atoms with van der Waals surface area (Å²) in [7, 11) is 1.64. The minimum Gasteiger partial charge on any atom is -0.365 e. The van der Waals surface area contributed by atoms with E-state index in [0.29, 0.717) is 41.6 Å². The molecule has 0 unspecified atom stereocenters. The molecule has 184 valence electrons. The van der Waals surface area contributed by atoms with E-state index in [-0.39, 0.29) is 30.2 Å². The van der Waals surface area contributed by atoms with E-state index in [2.05, 4.69) is 20.3 Å². The van der Waals surface area contributed by atoms with E-state index in [0.717, 1.165) is 12.8 Å². The van der Waals surface area contributed by atoms with Crippen LogP contribution < -0.4 is 5.32 Å². The number of nitrogens with zero attached hydrogens (tertiary/aromatic N) is 6. The standard InChI is InChI=1S/C26H26FN7O2/c1-32(26(36)18-6-3-2-4-7-18)17-24(35)33-13-5-8-20(16-33)30-22-11-12-28-25(31-22)21-14-29-23-10-9-19(27)15-34(21)23/h2-4,6-7,9-12,14-15,20H,5,8,13,16-17H2,1H3,(H,28,30,31)/t20-/m1/s1. The molecule has 0 radical (unpaired) electrons. The second kappa shape index (κ2) is 10.1. The maximum absolute atomic E-state index is 13.8. The van der Waals surface area contributed by atoms with E-state index < -0.39 is 0 Å². The summed E-state index contributed by atoms with van der Waals surface area (Å²) in [5, 5.41) is 3.40. The van der Waals surface area contributed by atoms with Crippen molar-refractivity contribution < 1.29 is 14.0 Å². The van der Waals surface area contributed by atoms with Gasteiger partial charge in [0.15, 0.2) is 5.82 Å². The molecule has 1 aliphatic rings. The van der Waals surface area contributed by atoms with Crippen LogP contribution in [0, 0.1) is 5.82 Å². The van der Waals surface area contributed by atoms with Crippen molar-refractivity contribution in [3.05, 3.63) is 78.5 Å². The number of piperidine rings is 1. The molecule has 1 N–H and O–H groups in total. The van der Waals surface area contributed by atoms with Crippen LogP contribution in [0.25, 0.3) is 17.2 Å². The van der Waals surface area contributed by atoms with Crippen molar-refractivity contribution >= 4 is 23.3 Å². The zero-order chi connectivity index (χ0) is 25.1. The number of hydrogen-bond donors (Lipinski definition) is 1. The Morgan fingerprint density at radius 2 is 1.97 bits per heavy atom. The van der Waals surface area contributed by atoms with Crippen molar-refractivity contribution in [2.75, 3.05) is 32.0 Å². The number of halogens is 1. The normalized spacial score (nSPS) is 15.6. The fraction of sp³-hybridized carbons (Fsp3) is 0.269. The lowest BCUT2D eigenvalue weighted by molar-refractivity contribution is -0.132. The number of anilines is 1. The van der Waals surface area contributed by atoms with Crippen LogP contribution in [0.5, 0.6) is 0 Å². The fourth-order valence-electron chi connectivity index (χ4n) is 4.39. The van der Waals surface area contributed by atoms with Gasteiger partial charge in [-0.1, -0.05) is 18.2 Å². The monoisotopic (exact) mass is 487 g/mol. The molecule has 1 aromatic carbocycles. The number of hydrogen-bond acceptors (Lipinski definition) is 6. The molecule has 0 bridgehead atoms. The van der Waals surface area contributed by atoms with E-state index in [4.69, 9.17) is 0 Å². The van der Waals surface area contributed by atoms with Crippen LogP contribution in [-0.4, -0.2) is 73.7 Å². The van der Waals surface area contributed by atoms with E-state index in [9.17, 15) is 14.0 Å². The van der Waals surface area contributed by atoms with Crippen molar-refractivity contribution in [2.24, 2.45) is 0 Å². The summed E-state index contributed by atoms with van der Waals surface area (Å²) in [6.45, 7) is 1.17. The second-order valence-corrected chi connectivity index (χ2v) is 8.83. The minimum absolute atomic E-state index is 0.000194. The first-order chi connectivity index (χ1) is 17.5. The Kier molecular flexibility index (Phi) is 6.57. The highest BCUT2D eigenvalue weighted by atomic mass is 19.1. The second-order valence-electron chi connectivity index (χ2n) is 8.83. The molecule has 0 aliphatic carbocycles. The third kappa shape index (κ3) is 5.02. The van der Waals surface area contributed by atoms with Gasteiger partial charge in [-0.15, -0.1) is 0 Å². The highest BCUT2D eigenvalue weighted by Crippen LogP contribution is 2.21. The van der Waals surface area contributed by atoms with E-state index in [1.165, 1.54) is 17.2 Å². The van der Waals surface area contributed by atoms with Crippen LogP contribution in [-0.2, 0) is 4.79 Å². The molecule has 10 heteroatoms. The molecular formula is C26H26FN7O2. The number of likely N-dealkylation sites (N-methyl/N-ethyl adjacent to an activating group) is 1. The maximum atomic E-state index is 13.8. The zero-order valence-corrected chi connectivity index (χ0v) is 19.8. The molecule has 1 atom stereocenters. The lowest BCUT2D eigenvalue weighted by Crippen LogP contribution is -2.48. The van der Waals surface area contributed by atoms with Gasteiger partial charge < -0.3 is 15.1 Å². The number of nitrogens with one attached hydrogen (secondary N) is 1. The average molecular weight is 488 g/mol. The zero-order valence-electron chi connectivity index (χ0n) is 19.8. The highest BCUT2D eigenvalue weighted by molar-refractivity contribution is 5.96. The topological polar surface area (TPSA) is 95.7 Å². The van der Waals surface area contributed by atoms with Crippen LogP contribution in [0.15, 0.2) is 67.1 Å². The lowest BCUT2D eigenvalue weighted by Gasteiger charge is -2.34. The molecule has 1 saturated heterocycles. The number of rotatable bonds is 6. The predicted octanol–water partition coefficient (Wildman–Crippen LogP) is 3.11. The van der Waals surface area contributed by atoms with Crippen LogP contribution in [0.4, 0.5) is 10.2 Å². The summed E-state index contributed by atoms with van der Waals surface area (Å²) in [4.78, 5) is 42.0. The number of imidazole rings is 1. The molecular weight excluding hydrogens is 461 g/mol. The van der Waals surface area contributed by atoms with Gasteiger partial charge in [-0.25, -0.2) is 19.3 Å². The summed E-state index contributed by atoms with van der Waals surface area (Å²) in [5.74, 6) is 0.380. The van der Waals surface area contributed by atoms with Gasteiger partial charge in [-0.3, -0.25) is 14.0 Å². The van der Waals surface area contributed by atoms with Gasteiger partial charge in [0.25, 0.3) is 5.91 Å². The van der Waals surface area contributed by atoms with Crippen LogP contribution in [0.1, 0.15) is 23.2 Å². The molecule has 4 aromatic rings. The van der Waals surface area contributed by atoms with Crippen molar-refractivity contribution in [2.45, 2.75) is 18.9 Å². The number of aromatic nitrogens is 4. The Morgan fingerprint density at radius 3 is 2.81 bits per heavy atom. The Hall–Kier alpha value is -4.34. The van der Waals surface area contributed by atoms with Gasteiger partial charge in [0.05, 0.1) is 12.7 Å². The fourth-order valence-corrected chi connectivity index (χ4v) is 4.39. The molecule has 36 heavy (non-hydrogen) atoms. The van der Waals surface area contributed by atoms with Crippen LogP contribution >= 0.6 is 0 Å². The molecule has 1 aliphatic heterocycles. The average Bonchev–Trinajstić information content (AvgIpc) is 3.32. The summed E-state index contributed by atoms with van der Waals surface area (Å²) in [6, 6.07) is 13.6. The summed E-state index contributed by atoms with van der Waals surface area (Å²) < 4.78 is 15.4. The number of benzene rings is 1. The summed E-state index contributed by atoms with van der Waals surface area (Å²) in [5.41, 5.74) is 1.74.